The highest BCUT2D eigenvalue weighted by atomic mass is 16.5. The number of ether oxygens (including phenoxy) is 1. The molecule has 1 N–H and O–H groups in total. The fourth-order valence-corrected chi connectivity index (χ4v) is 1.89. The number of nitrogens with one attached hydrogen (secondary N) is 1. The third-order valence-electron chi connectivity index (χ3n) is 2.99. The fourth-order valence-electron chi connectivity index (χ4n) is 1.89. The van der Waals surface area contributed by atoms with Crippen molar-refractivity contribution < 1.29 is 4.74 Å². The lowest BCUT2D eigenvalue weighted by Gasteiger charge is -2.08. The summed E-state index contributed by atoms with van der Waals surface area (Å²) >= 11 is 0. The molecular weight excluding hydrogens is 250 g/mol. The second-order valence-corrected chi connectivity index (χ2v) is 4.61. The van der Waals surface area contributed by atoms with Crippen LogP contribution in [0.15, 0.2) is 36.7 Å². The summed E-state index contributed by atoms with van der Waals surface area (Å²) in [5.41, 5.74) is 2.22. The molecule has 0 saturated heterocycles. The molecule has 0 atom stereocenters. The molecule has 0 aliphatic heterocycles. The lowest BCUT2D eigenvalue weighted by molar-refractivity contribution is 0.436. The van der Waals surface area contributed by atoms with Gasteiger partial charge < -0.3 is 10.1 Å². The maximum Gasteiger partial charge on any atom is 0.321 e. The monoisotopic (exact) mass is 271 g/mol. The highest BCUT2D eigenvalue weighted by molar-refractivity contribution is 5.34. The van der Waals surface area contributed by atoms with Crippen molar-refractivity contribution in [2.24, 2.45) is 0 Å². The van der Waals surface area contributed by atoms with Crippen molar-refractivity contribution in [3.05, 3.63) is 47.8 Å². The van der Waals surface area contributed by atoms with Gasteiger partial charge in [-0.25, -0.2) is 9.97 Å². The van der Waals surface area contributed by atoms with E-state index in [2.05, 4.69) is 35.2 Å². The van der Waals surface area contributed by atoms with Crippen molar-refractivity contribution >= 4 is 0 Å². The van der Waals surface area contributed by atoms with Gasteiger partial charge in [-0.2, -0.15) is 0 Å². The maximum atomic E-state index is 5.74. The summed E-state index contributed by atoms with van der Waals surface area (Å²) in [4.78, 5) is 8.51. The van der Waals surface area contributed by atoms with Crippen LogP contribution in [-0.2, 0) is 13.0 Å². The first kappa shape index (κ1) is 14.5. The van der Waals surface area contributed by atoms with E-state index < -0.39 is 0 Å². The minimum Gasteiger partial charge on any atom is -0.424 e. The maximum absolute atomic E-state index is 5.74. The molecule has 2 rings (SSSR count). The first-order valence-corrected chi connectivity index (χ1v) is 7.10. The lowest BCUT2D eigenvalue weighted by Crippen LogP contribution is -2.14. The van der Waals surface area contributed by atoms with Gasteiger partial charge in [-0.3, -0.25) is 0 Å². The van der Waals surface area contributed by atoms with Crippen molar-refractivity contribution in [1.29, 1.82) is 0 Å². The predicted molar refractivity (Wildman–Crippen MR) is 79.9 cm³/mol. The number of hydrogen-bond donors (Lipinski definition) is 1. The Bertz CT molecular complexity index is 526. The largest absolute Gasteiger partial charge is 0.424 e. The highest BCUT2D eigenvalue weighted by Gasteiger charge is 2.04. The van der Waals surface area contributed by atoms with Gasteiger partial charge in [-0.1, -0.05) is 32.0 Å². The van der Waals surface area contributed by atoms with Crippen molar-refractivity contribution in [1.82, 2.24) is 15.3 Å². The Morgan fingerprint density at radius 1 is 1.10 bits per heavy atom. The van der Waals surface area contributed by atoms with Crippen LogP contribution in [0.1, 0.15) is 31.4 Å². The Hall–Kier alpha value is -1.94. The van der Waals surface area contributed by atoms with Gasteiger partial charge in [0.05, 0.1) is 0 Å². The van der Waals surface area contributed by atoms with E-state index in [4.69, 9.17) is 4.74 Å². The third kappa shape index (κ3) is 4.03. The summed E-state index contributed by atoms with van der Waals surface area (Å²) < 4.78 is 5.74. The molecule has 1 heterocycles. The van der Waals surface area contributed by atoms with Gasteiger partial charge in [0.15, 0.2) is 0 Å². The van der Waals surface area contributed by atoms with Crippen LogP contribution in [0, 0.1) is 0 Å². The Kier molecular flexibility index (Phi) is 5.50. The second kappa shape index (κ2) is 7.60. The van der Waals surface area contributed by atoms with Gasteiger partial charge >= 0.3 is 6.01 Å². The Morgan fingerprint density at radius 2 is 1.85 bits per heavy atom. The number of aromatic nitrogens is 2. The Labute approximate surface area is 120 Å². The molecule has 106 valence electrons. The normalized spacial score (nSPS) is 10.5. The number of benzene rings is 1. The molecule has 4 nitrogen and oxygen atoms in total. The fraction of sp³-hybridized carbons (Fsp3) is 0.375. The van der Waals surface area contributed by atoms with Crippen LogP contribution < -0.4 is 10.1 Å². The minimum atomic E-state index is 0.394. The highest BCUT2D eigenvalue weighted by Crippen LogP contribution is 2.22. The van der Waals surface area contributed by atoms with Crippen LogP contribution in [0.2, 0.25) is 0 Å². The summed E-state index contributed by atoms with van der Waals surface area (Å²) in [6.07, 6.45) is 5.66. The van der Waals surface area contributed by atoms with Gasteiger partial charge in [-0.15, -0.1) is 0 Å². The van der Waals surface area contributed by atoms with Crippen LogP contribution in [0.3, 0.4) is 0 Å². The average Bonchev–Trinajstić information content (AvgIpc) is 2.50. The lowest BCUT2D eigenvalue weighted by atomic mass is 10.1. The van der Waals surface area contributed by atoms with Crippen LogP contribution in [0.4, 0.5) is 0 Å². The van der Waals surface area contributed by atoms with Gasteiger partial charge in [0.25, 0.3) is 0 Å². The van der Waals surface area contributed by atoms with E-state index in [1.165, 1.54) is 0 Å². The molecule has 4 heteroatoms. The van der Waals surface area contributed by atoms with Crippen molar-refractivity contribution in [3.63, 3.8) is 0 Å². The molecule has 0 unspecified atom stereocenters. The molecule has 2 aromatic rings. The first-order chi connectivity index (χ1) is 9.83. The van der Waals surface area contributed by atoms with Crippen molar-refractivity contribution in [2.45, 2.75) is 33.2 Å². The van der Waals surface area contributed by atoms with E-state index in [-0.39, 0.29) is 0 Å². The summed E-state index contributed by atoms with van der Waals surface area (Å²) in [6.45, 7) is 6.04. The van der Waals surface area contributed by atoms with Gasteiger partial charge in [0, 0.05) is 24.5 Å². The minimum absolute atomic E-state index is 0.394. The van der Waals surface area contributed by atoms with E-state index in [0.29, 0.717) is 6.01 Å². The smallest absolute Gasteiger partial charge is 0.321 e. The van der Waals surface area contributed by atoms with Gasteiger partial charge in [0.1, 0.15) is 5.75 Å². The van der Waals surface area contributed by atoms with Crippen molar-refractivity contribution in [2.75, 3.05) is 6.54 Å². The summed E-state index contributed by atoms with van der Waals surface area (Å²) in [5.74, 6) is 0.826. The SMILES string of the molecule is CCCNCc1cnc(Oc2ccccc2CC)nc1. The number of hydrogen-bond acceptors (Lipinski definition) is 4. The van der Waals surface area contributed by atoms with Crippen LogP contribution >= 0.6 is 0 Å². The molecule has 0 aliphatic carbocycles. The summed E-state index contributed by atoms with van der Waals surface area (Å²) in [6, 6.07) is 8.36. The molecule has 0 amide bonds. The molecule has 0 aliphatic rings. The molecule has 0 fully saturated rings. The number of nitrogens with zero attached hydrogens (tertiary/aromatic N) is 2. The van der Waals surface area contributed by atoms with Crippen LogP contribution in [-0.4, -0.2) is 16.5 Å². The molecular formula is C16H21N3O. The number of aryl methyl sites for hydroxylation is 1. The quantitative estimate of drug-likeness (QED) is 0.785. The zero-order valence-corrected chi connectivity index (χ0v) is 12.1. The van der Waals surface area contributed by atoms with Gasteiger partial charge in [-0.05, 0) is 31.0 Å². The molecule has 0 spiro atoms. The predicted octanol–water partition coefficient (Wildman–Crippen LogP) is 3.33. The molecule has 20 heavy (non-hydrogen) atoms. The summed E-state index contributed by atoms with van der Waals surface area (Å²) in [7, 11) is 0. The second-order valence-electron chi connectivity index (χ2n) is 4.61. The zero-order chi connectivity index (χ0) is 14.2. The number of rotatable bonds is 7. The standard InChI is InChI=1S/C16H21N3O/c1-3-9-17-10-13-11-18-16(19-12-13)20-15-8-6-5-7-14(15)4-2/h5-8,11-12,17H,3-4,9-10H2,1-2H3. The van der Waals surface area contributed by atoms with E-state index in [9.17, 15) is 0 Å². The van der Waals surface area contributed by atoms with Crippen molar-refractivity contribution in [3.8, 4) is 11.8 Å². The van der Waals surface area contributed by atoms with E-state index in [0.717, 1.165) is 42.8 Å². The summed E-state index contributed by atoms with van der Waals surface area (Å²) in [5, 5.41) is 3.32. The van der Waals surface area contributed by atoms with Gasteiger partial charge in [0.2, 0.25) is 0 Å². The zero-order valence-electron chi connectivity index (χ0n) is 12.1. The number of para-hydroxylation sites is 1. The van der Waals surface area contributed by atoms with E-state index >= 15 is 0 Å². The van der Waals surface area contributed by atoms with E-state index in [1.54, 1.807) is 12.4 Å². The van der Waals surface area contributed by atoms with Crippen LogP contribution in [0.25, 0.3) is 0 Å². The molecule has 1 aromatic heterocycles. The average molecular weight is 271 g/mol. The molecule has 0 saturated carbocycles. The third-order valence-corrected chi connectivity index (χ3v) is 2.99. The Balaban J connectivity index is 1.99. The Morgan fingerprint density at radius 3 is 2.55 bits per heavy atom. The first-order valence-electron chi connectivity index (χ1n) is 7.10. The van der Waals surface area contributed by atoms with Crippen LogP contribution in [0.5, 0.6) is 11.8 Å². The molecule has 1 aromatic carbocycles. The topological polar surface area (TPSA) is 47.0 Å². The molecule has 0 bridgehead atoms. The molecule has 0 radical (unpaired) electrons. The van der Waals surface area contributed by atoms with E-state index in [1.807, 2.05) is 18.2 Å².